The maximum absolute atomic E-state index is 12.3. The highest BCUT2D eigenvalue weighted by molar-refractivity contribution is 6.07. The molecule has 0 aliphatic carbocycles. The van der Waals surface area contributed by atoms with Crippen LogP contribution in [0.1, 0.15) is 15.9 Å². The molecule has 1 aliphatic heterocycles. The van der Waals surface area contributed by atoms with E-state index in [0.29, 0.717) is 35.8 Å². The Morgan fingerprint density at radius 2 is 1.96 bits per heavy atom. The highest BCUT2D eigenvalue weighted by Gasteiger charge is 2.19. The SMILES string of the molecule is COc1cc(C=CC(=O)c2ccc3c(c2)OCCO3)cc([N+](=O)[O-])c1O. The number of carbonyl (C=O) groups is 1. The van der Waals surface area contributed by atoms with E-state index in [2.05, 4.69) is 0 Å². The van der Waals surface area contributed by atoms with Crippen LogP contribution in [0.4, 0.5) is 5.69 Å². The number of carbonyl (C=O) groups excluding carboxylic acids is 1. The van der Waals surface area contributed by atoms with Gasteiger partial charge >= 0.3 is 5.69 Å². The van der Waals surface area contributed by atoms with Gasteiger partial charge in [0.1, 0.15) is 13.2 Å². The zero-order valence-corrected chi connectivity index (χ0v) is 13.8. The van der Waals surface area contributed by atoms with Gasteiger partial charge in [0.15, 0.2) is 23.0 Å². The third-order valence-corrected chi connectivity index (χ3v) is 3.75. The normalized spacial score (nSPS) is 12.8. The summed E-state index contributed by atoms with van der Waals surface area (Å²) in [5.74, 6) is 0.156. The van der Waals surface area contributed by atoms with E-state index in [9.17, 15) is 20.0 Å². The molecule has 8 nitrogen and oxygen atoms in total. The van der Waals surface area contributed by atoms with Gasteiger partial charge in [0.2, 0.25) is 5.75 Å². The number of allylic oxidation sites excluding steroid dienone is 1. The molecule has 0 radical (unpaired) electrons. The molecule has 3 rings (SSSR count). The largest absolute Gasteiger partial charge is 0.500 e. The number of aromatic hydroxyl groups is 1. The molecule has 1 aliphatic rings. The van der Waals surface area contributed by atoms with E-state index in [1.165, 1.54) is 25.3 Å². The summed E-state index contributed by atoms with van der Waals surface area (Å²) in [7, 11) is 1.28. The van der Waals surface area contributed by atoms with Gasteiger partial charge < -0.3 is 19.3 Å². The Balaban J connectivity index is 1.86. The zero-order valence-electron chi connectivity index (χ0n) is 13.8. The first-order valence-electron chi connectivity index (χ1n) is 7.67. The number of ketones is 1. The quantitative estimate of drug-likeness (QED) is 0.379. The van der Waals surface area contributed by atoms with Crippen molar-refractivity contribution < 1.29 is 29.0 Å². The molecular weight excluding hydrogens is 342 g/mol. The van der Waals surface area contributed by atoms with E-state index in [4.69, 9.17) is 14.2 Å². The lowest BCUT2D eigenvalue weighted by Gasteiger charge is -2.18. The lowest BCUT2D eigenvalue weighted by atomic mass is 10.1. The number of nitrogens with zero attached hydrogens (tertiary/aromatic N) is 1. The van der Waals surface area contributed by atoms with Crippen molar-refractivity contribution >= 4 is 17.5 Å². The Kier molecular flexibility index (Phi) is 4.74. The lowest BCUT2D eigenvalue weighted by Crippen LogP contribution is -2.15. The number of nitro benzene ring substituents is 1. The minimum absolute atomic E-state index is 0.0503. The number of rotatable bonds is 5. The predicted octanol–water partition coefficient (Wildman–Crippen LogP) is 2.98. The molecule has 0 unspecified atom stereocenters. The summed E-state index contributed by atoms with van der Waals surface area (Å²) in [5, 5.41) is 20.8. The minimum Gasteiger partial charge on any atom is -0.500 e. The third kappa shape index (κ3) is 3.44. The Morgan fingerprint density at radius 1 is 1.23 bits per heavy atom. The monoisotopic (exact) mass is 357 g/mol. The average molecular weight is 357 g/mol. The molecule has 0 bridgehead atoms. The topological polar surface area (TPSA) is 108 Å². The van der Waals surface area contributed by atoms with Crippen LogP contribution in [-0.2, 0) is 0 Å². The second-order valence-electron chi connectivity index (χ2n) is 5.40. The molecule has 0 atom stereocenters. The number of nitro groups is 1. The third-order valence-electron chi connectivity index (χ3n) is 3.75. The first-order chi connectivity index (χ1) is 12.5. The smallest absolute Gasteiger partial charge is 0.315 e. The molecule has 1 N–H and O–H groups in total. The molecule has 0 spiro atoms. The van der Waals surface area contributed by atoms with Crippen LogP contribution >= 0.6 is 0 Å². The van der Waals surface area contributed by atoms with E-state index >= 15 is 0 Å². The van der Waals surface area contributed by atoms with E-state index in [1.54, 1.807) is 18.2 Å². The molecule has 2 aromatic rings. The number of benzene rings is 2. The highest BCUT2D eigenvalue weighted by Crippen LogP contribution is 2.37. The van der Waals surface area contributed by atoms with Gasteiger partial charge in [0.05, 0.1) is 12.0 Å². The van der Waals surface area contributed by atoms with Crippen LogP contribution in [0.3, 0.4) is 0 Å². The van der Waals surface area contributed by atoms with Crippen LogP contribution in [0.2, 0.25) is 0 Å². The van der Waals surface area contributed by atoms with E-state index in [-0.39, 0.29) is 11.5 Å². The fourth-order valence-electron chi connectivity index (χ4n) is 2.47. The van der Waals surface area contributed by atoms with Gasteiger partial charge in [-0.3, -0.25) is 14.9 Å². The summed E-state index contributed by atoms with van der Waals surface area (Å²) in [6.07, 6.45) is 2.69. The molecular formula is C18H15NO7. The van der Waals surface area contributed by atoms with E-state index in [0.717, 1.165) is 6.07 Å². The van der Waals surface area contributed by atoms with Crippen molar-refractivity contribution in [3.05, 3.63) is 57.6 Å². The second-order valence-corrected chi connectivity index (χ2v) is 5.40. The number of phenols is 1. The zero-order chi connectivity index (χ0) is 18.7. The Labute approximate surface area is 148 Å². The molecule has 134 valence electrons. The van der Waals surface area contributed by atoms with E-state index < -0.39 is 16.4 Å². The van der Waals surface area contributed by atoms with Crippen LogP contribution in [0.15, 0.2) is 36.4 Å². The summed E-state index contributed by atoms with van der Waals surface area (Å²) in [6.45, 7) is 0.874. The fourth-order valence-corrected chi connectivity index (χ4v) is 2.47. The van der Waals surface area contributed by atoms with Crippen molar-refractivity contribution in [2.45, 2.75) is 0 Å². The van der Waals surface area contributed by atoms with Crippen LogP contribution in [-0.4, -0.2) is 36.1 Å². The summed E-state index contributed by atoms with van der Waals surface area (Å²) >= 11 is 0. The van der Waals surface area contributed by atoms with Crippen LogP contribution in [0.25, 0.3) is 6.08 Å². The number of hydrogen-bond acceptors (Lipinski definition) is 7. The Bertz CT molecular complexity index is 905. The summed E-state index contributed by atoms with van der Waals surface area (Å²) in [6, 6.07) is 7.41. The van der Waals surface area contributed by atoms with Gasteiger partial charge in [-0.15, -0.1) is 0 Å². The molecule has 0 fully saturated rings. The van der Waals surface area contributed by atoms with Gasteiger partial charge in [-0.05, 0) is 35.9 Å². The molecule has 0 saturated carbocycles. The molecule has 1 heterocycles. The van der Waals surface area contributed by atoms with Gasteiger partial charge in [-0.25, -0.2) is 0 Å². The number of hydrogen-bond donors (Lipinski definition) is 1. The Hall–Kier alpha value is -3.55. The average Bonchev–Trinajstić information content (AvgIpc) is 2.66. The first kappa shape index (κ1) is 17.3. The molecule has 26 heavy (non-hydrogen) atoms. The second kappa shape index (κ2) is 7.14. The highest BCUT2D eigenvalue weighted by atomic mass is 16.6. The first-order valence-corrected chi connectivity index (χ1v) is 7.67. The number of methoxy groups -OCH3 is 1. The Morgan fingerprint density at radius 3 is 2.65 bits per heavy atom. The number of ether oxygens (including phenoxy) is 3. The van der Waals surface area contributed by atoms with Gasteiger partial charge in [0.25, 0.3) is 0 Å². The molecule has 0 saturated heterocycles. The summed E-state index contributed by atoms with van der Waals surface area (Å²) in [5.41, 5.74) is 0.235. The van der Waals surface area contributed by atoms with Crippen LogP contribution in [0, 0.1) is 10.1 Å². The molecule has 0 amide bonds. The van der Waals surface area contributed by atoms with E-state index in [1.807, 2.05) is 0 Å². The lowest BCUT2D eigenvalue weighted by molar-refractivity contribution is -0.386. The number of fused-ring (bicyclic) bond motifs is 1. The fraction of sp³-hybridized carbons (Fsp3) is 0.167. The molecule has 0 aromatic heterocycles. The maximum Gasteiger partial charge on any atom is 0.315 e. The molecule has 2 aromatic carbocycles. The number of phenolic OH excluding ortho intramolecular Hbond substituents is 1. The summed E-state index contributed by atoms with van der Waals surface area (Å²) in [4.78, 5) is 22.6. The van der Waals surface area contributed by atoms with Gasteiger partial charge in [0, 0.05) is 11.6 Å². The predicted molar refractivity (Wildman–Crippen MR) is 92.1 cm³/mol. The maximum atomic E-state index is 12.3. The van der Waals surface area contributed by atoms with Crippen molar-refractivity contribution in [1.29, 1.82) is 0 Å². The van der Waals surface area contributed by atoms with Crippen molar-refractivity contribution in [2.24, 2.45) is 0 Å². The van der Waals surface area contributed by atoms with Crippen molar-refractivity contribution in [3.63, 3.8) is 0 Å². The van der Waals surface area contributed by atoms with Crippen LogP contribution < -0.4 is 14.2 Å². The van der Waals surface area contributed by atoms with Crippen LogP contribution in [0.5, 0.6) is 23.0 Å². The summed E-state index contributed by atoms with van der Waals surface area (Å²) < 4.78 is 15.8. The van der Waals surface area contributed by atoms with Gasteiger partial charge in [-0.1, -0.05) is 6.08 Å². The standard InChI is InChI=1S/C18H15NO7/c1-24-17-9-11(8-13(18(17)21)19(22)23)2-4-14(20)12-3-5-15-16(10-12)26-7-6-25-15/h2-5,8-10,21H,6-7H2,1H3. The van der Waals surface area contributed by atoms with Gasteiger partial charge in [-0.2, -0.15) is 0 Å². The minimum atomic E-state index is -0.724. The van der Waals surface area contributed by atoms with Crippen molar-refractivity contribution in [2.75, 3.05) is 20.3 Å². The van der Waals surface area contributed by atoms with Crippen molar-refractivity contribution in [1.82, 2.24) is 0 Å². The molecule has 8 heteroatoms. The van der Waals surface area contributed by atoms with Crippen molar-refractivity contribution in [3.8, 4) is 23.0 Å².